The number of ether oxygens (including phenoxy) is 1. The number of benzene rings is 1. The van der Waals surface area contributed by atoms with E-state index in [1.54, 1.807) is 24.3 Å². The van der Waals surface area contributed by atoms with E-state index < -0.39 is 17.4 Å². The predicted octanol–water partition coefficient (Wildman–Crippen LogP) is 2.72. The average molecular weight is 280 g/mol. The van der Waals surface area contributed by atoms with Crippen LogP contribution >= 0.6 is 11.6 Å². The van der Waals surface area contributed by atoms with Gasteiger partial charge in [0.2, 0.25) is 5.88 Å². The quantitative estimate of drug-likeness (QED) is 0.899. The predicted molar refractivity (Wildman–Crippen MR) is 68.6 cm³/mol. The van der Waals surface area contributed by atoms with E-state index in [-0.39, 0.29) is 12.5 Å². The molecule has 0 bridgehead atoms. The van der Waals surface area contributed by atoms with Gasteiger partial charge in [-0.15, -0.1) is 0 Å². The van der Waals surface area contributed by atoms with E-state index in [1.165, 1.54) is 12.1 Å². The van der Waals surface area contributed by atoms with Crippen LogP contribution in [0.5, 0.6) is 11.6 Å². The molecule has 98 valence electrons. The Morgan fingerprint density at radius 1 is 1.21 bits per heavy atom. The molecule has 0 atom stereocenters. The van der Waals surface area contributed by atoms with Crippen molar-refractivity contribution in [2.45, 2.75) is 6.61 Å². The molecule has 2 N–H and O–H groups in total. The Kier molecular flexibility index (Phi) is 3.87. The Balaban J connectivity index is 2.09. The van der Waals surface area contributed by atoms with Gasteiger partial charge in [-0.1, -0.05) is 23.7 Å². The molecule has 0 aliphatic rings. The Bertz CT molecular complexity index is 598. The van der Waals surface area contributed by atoms with Crippen LogP contribution in [0.4, 0.5) is 0 Å². The van der Waals surface area contributed by atoms with Gasteiger partial charge in [-0.2, -0.15) is 0 Å². The maximum atomic E-state index is 10.8. The normalized spacial score (nSPS) is 10.2. The minimum Gasteiger partial charge on any atom is -0.505 e. The molecule has 2 rings (SSSR count). The zero-order valence-electron chi connectivity index (χ0n) is 9.71. The Hall–Kier alpha value is -2.27. The fourth-order valence-corrected chi connectivity index (χ4v) is 1.54. The number of aromatic carboxylic acids is 1. The van der Waals surface area contributed by atoms with Gasteiger partial charge in [-0.3, -0.25) is 0 Å². The van der Waals surface area contributed by atoms with Gasteiger partial charge in [0.1, 0.15) is 12.4 Å². The fraction of sp³-hybridized carbons (Fsp3) is 0.0769. The van der Waals surface area contributed by atoms with E-state index in [0.717, 1.165) is 5.56 Å². The lowest BCUT2D eigenvalue weighted by Crippen LogP contribution is -2.03. The summed E-state index contributed by atoms with van der Waals surface area (Å²) in [4.78, 5) is 14.5. The Morgan fingerprint density at radius 2 is 1.89 bits per heavy atom. The maximum absolute atomic E-state index is 10.8. The molecule has 0 aliphatic heterocycles. The second-order valence-electron chi connectivity index (χ2n) is 3.74. The first-order valence-corrected chi connectivity index (χ1v) is 5.74. The van der Waals surface area contributed by atoms with E-state index in [1.807, 2.05) is 0 Å². The number of aromatic nitrogens is 1. The number of aromatic hydroxyl groups is 1. The fourth-order valence-electron chi connectivity index (χ4n) is 1.41. The smallest absolute Gasteiger partial charge is 0.358 e. The second kappa shape index (κ2) is 5.58. The SMILES string of the molecule is O=C(O)c1nc(OCc2ccc(Cl)cc2)ccc1O. The van der Waals surface area contributed by atoms with Crippen molar-refractivity contribution < 1.29 is 19.7 Å². The highest BCUT2D eigenvalue weighted by molar-refractivity contribution is 6.30. The first kappa shape index (κ1) is 13.2. The van der Waals surface area contributed by atoms with Crippen molar-refractivity contribution >= 4 is 17.6 Å². The molecule has 0 amide bonds. The van der Waals surface area contributed by atoms with E-state index in [4.69, 9.17) is 21.4 Å². The molecule has 0 unspecified atom stereocenters. The van der Waals surface area contributed by atoms with Crippen LogP contribution in [0.1, 0.15) is 16.1 Å². The lowest BCUT2D eigenvalue weighted by molar-refractivity contribution is 0.0685. The minimum absolute atomic E-state index is 0.130. The molecule has 1 aromatic heterocycles. The molecule has 0 saturated carbocycles. The van der Waals surface area contributed by atoms with Gasteiger partial charge in [0.15, 0.2) is 5.69 Å². The summed E-state index contributed by atoms with van der Waals surface area (Å²) in [5, 5.41) is 18.7. The molecule has 19 heavy (non-hydrogen) atoms. The number of carboxylic acid groups (broad SMARTS) is 1. The van der Waals surface area contributed by atoms with Crippen LogP contribution in [0, 0.1) is 0 Å². The summed E-state index contributed by atoms with van der Waals surface area (Å²) >= 11 is 5.76. The highest BCUT2D eigenvalue weighted by Gasteiger charge is 2.12. The summed E-state index contributed by atoms with van der Waals surface area (Å²) in [6.07, 6.45) is 0. The standard InChI is InChI=1S/C13H10ClNO4/c14-9-3-1-8(2-4-9)7-19-11-6-5-10(16)12(15-11)13(17)18/h1-6,16H,7H2,(H,17,18). The van der Waals surface area contributed by atoms with E-state index >= 15 is 0 Å². The summed E-state index contributed by atoms with van der Waals surface area (Å²) in [6.45, 7) is 0.230. The average Bonchev–Trinajstić information content (AvgIpc) is 2.39. The first-order valence-electron chi connectivity index (χ1n) is 5.37. The van der Waals surface area contributed by atoms with Crippen molar-refractivity contribution in [2.24, 2.45) is 0 Å². The largest absolute Gasteiger partial charge is 0.505 e. The second-order valence-corrected chi connectivity index (χ2v) is 4.17. The maximum Gasteiger partial charge on any atom is 0.358 e. The molecule has 6 heteroatoms. The summed E-state index contributed by atoms with van der Waals surface area (Å²) in [6, 6.07) is 9.67. The Morgan fingerprint density at radius 3 is 2.53 bits per heavy atom. The molecular weight excluding hydrogens is 270 g/mol. The summed E-state index contributed by atoms with van der Waals surface area (Å²) < 4.78 is 5.35. The Labute approximate surface area is 114 Å². The molecule has 0 fully saturated rings. The molecule has 1 heterocycles. The van der Waals surface area contributed by atoms with Crippen LogP contribution in [0.3, 0.4) is 0 Å². The van der Waals surface area contributed by atoms with Crippen LogP contribution in [-0.2, 0) is 6.61 Å². The highest BCUT2D eigenvalue weighted by Crippen LogP contribution is 2.19. The van der Waals surface area contributed by atoms with Gasteiger partial charge in [-0.25, -0.2) is 9.78 Å². The van der Waals surface area contributed by atoms with E-state index in [0.29, 0.717) is 5.02 Å². The van der Waals surface area contributed by atoms with Gasteiger partial charge < -0.3 is 14.9 Å². The summed E-state index contributed by atoms with van der Waals surface area (Å²) in [7, 11) is 0. The minimum atomic E-state index is -1.31. The van der Waals surface area contributed by atoms with Crippen molar-refractivity contribution in [3.63, 3.8) is 0 Å². The van der Waals surface area contributed by atoms with Gasteiger partial charge in [0.25, 0.3) is 0 Å². The van der Waals surface area contributed by atoms with Crippen LogP contribution in [0.25, 0.3) is 0 Å². The van der Waals surface area contributed by atoms with Crippen LogP contribution in [0.2, 0.25) is 5.02 Å². The number of halogens is 1. The third-order valence-corrected chi connectivity index (χ3v) is 2.60. The zero-order valence-corrected chi connectivity index (χ0v) is 10.5. The summed E-state index contributed by atoms with van der Waals surface area (Å²) in [5.41, 5.74) is 0.435. The molecule has 5 nitrogen and oxygen atoms in total. The number of rotatable bonds is 4. The summed E-state index contributed by atoms with van der Waals surface area (Å²) in [5.74, 6) is -1.58. The van der Waals surface area contributed by atoms with Gasteiger partial charge >= 0.3 is 5.97 Å². The van der Waals surface area contributed by atoms with Crippen LogP contribution in [0.15, 0.2) is 36.4 Å². The van der Waals surface area contributed by atoms with Crippen molar-refractivity contribution in [3.8, 4) is 11.6 Å². The molecule has 0 aliphatic carbocycles. The molecule has 2 aromatic rings. The van der Waals surface area contributed by atoms with Crippen molar-refractivity contribution in [1.29, 1.82) is 0 Å². The highest BCUT2D eigenvalue weighted by atomic mass is 35.5. The van der Waals surface area contributed by atoms with Crippen molar-refractivity contribution in [3.05, 3.63) is 52.7 Å². The number of pyridine rings is 1. The first-order chi connectivity index (χ1) is 9.06. The zero-order chi connectivity index (χ0) is 13.8. The third-order valence-electron chi connectivity index (χ3n) is 2.35. The topological polar surface area (TPSA) is 79.7 Å². The molecule has 0 saturated heterocycles. The molecule has 0 spiro atoms. The van der Waals surface area contributed by atoms with Crippen molar-refractivity contribution in [2.75, 3.05) is 0 Å². The number of carbonyl (C=O) groups is 1. The van der Waals surface area contributed by atoms with Crippen LogP contribution in [-0.4, -0.2) is 21.2 Å². The molecule has 0 radical (unpaired) electrons. The van der Waals surface area contributed by atoms with E-state index in [9.17, 15) is 9.90 Å². The number of hydrogen-bond donors (Lipinski definition) is 2. The van der Waals surface area contributed by atoms with Crippen molar-refractivity contribution in [1.82, 2.24) is 4.98 Å². The number of carboxylic acids is 1. The lowest BCUT2D eigenvalue weighted by Gasteiger charge is -2.07. The van der Waals surface area contributed by atoms with Gasteiger partial charge in [0, 0.05) is 11.1 Å². The van der Waals surface area contributed by atoms with Gasteiger partial charge in [0.05, 0.1) is 0 Å². The number of nitrogens with zero attached hydrogens (tertiary/aromatic N) is 1. The van der Waals surface area contributed by atoms with E-state index in [2.05, 4.69) is 4.98 Å². The molecular formula is C13H10ClNO4. The van der Waals surface area contributed by atoms with Gasteiger partial charge in [-0.05, 0) is 23.8 Å². The monoisotopic (exact) mass is 279 g/mol. The molecule has 1 aromatic carbocycles. The van der Waals surface area contributed by atoms with Crippen LogP contribution < -0.4 is 4.74 Å². The lowest BCUT2D eigenvalue weighted by atomic mass is 10.2. The third kappa shape index (κ3) is 3.35. The number of hydrogen-bond acceptors (Lipinski definition) is 4.